The lowest BCUT2D eigenvalue weighted by atomic mass is 10.1. The largest absolute Gasteiger partial charge is 0.363 e. The topological polar surface area (TPSA) is 92.5 Å². The second kappa shape index (κ2) is 8.07. The van der Waals surface area contributed by atoms with Crippen LogP contribution in [0.15, 0.2) is 52.1 Å². The molecule has 1 heterocycles. The number of anilines is 1. The number of nitrogens with zero attached hydrogens (tertiary/aromatic N) is 2. The normalized spacial score (nSPS) is 11.8. The quantitative estimate of drug-likeness (QED) is 0.788. The zero-order valence-corrected chi connectivity index (χ0v) is 14.5. The van der Waals surface area contributed by atoms with E-state index in [1.807, 2.05) is 13.8 Å². The summed E-state index contributed by atoms with van der Waals surface area (Å²) in [6, 6.07) is 9.59. The van der Waals surface area contributed by atoms with Gasteiger partial charge in [0.05, 0.1) is 11.4 Å². The van der Waals surface area contributed by atoms with Crippen molar-refractivity contribution in [3.63, 3.8) is 0 Å². The van der Waals surface area contributed by atoms with Crippen molar-refractivity contribution in [3.05, 3.63) is 42.7 Å². The van der Waals surface area contributed by atoms with Crippen LogP contribution in [0.3, 0.4) is 0 Å². The number of nitrogens with one attached hydrogen (secondary N) is 1. The molecule has 2 aromatic rings. The third kappa shape index (κ3) is 4.90. The van der Waals surface area contributed by atoms with Crippen LogP contribution < -0.4 is 5.32 Å². The van der Waals surface area contributed by atoms with Crippen LogP contribution in [0.5, 0.6) is 0 Å². The van der Waals surface area contributed by atoms with Crippen LogP contribution in [0.4, 0.5) is 5.82 Å². The fourth-order valence-corrected chi connectivity index (χ4v) is 3.48. The zero-order valence-electron chi connectivity index (χ0n) is 13.7. The lowest BCUT2D eigenvalue weighted by molar-refractivity contribution is -0.116. The molecule has 1 aromatic carbocycles. The minimum atomic E-state index is -3.74. The van der Waals surface area contributed by atoms with Crippen molar-refractivity contribution in [2.75, 3.05) is 18.4 Å². The van der Waals surface area contributed by atoms with Gasteiger partial charge < -0.3 is 9.84 Å². The molecule has 24 heavy (non-hydrogen) atoms. The van der Waals surface area contributed by atoms with Gasteiger partial charge in [0.1, 0.15) is 6.26 Å². The molecule has 2 rings (SSSR count). The standard InChI is InChI=1S/C16H21N3O4S/c1-13(2)8-10-19(12-16(20)17-15-9-11-23-18-15)24(21,22)14-6-4-3-5-7-14/h3-7,9,11,13H,8,10,12H2,1-2H3,(H,17,18,20). The molecule has 0 unspecified atom stereocenters. The Morgan fingerprint density at radius 1 is 1.25 bits per heavy atom. The number of carbonyl (C=O) groups is 1. The van der Waals surface area contributed by atoms with Crippen LogP contribution in [0.1, 0.15) is 20.3 Å². The Morgan fingerprint density at radius 3 is 2.54 bits per heavy atom. The lowest BCUT2D eigenvalue weighted by Gasteiger charge is -2.22. The first kappa shape index (κ1) is 18.2. The van der Waals surface area contributed by atoms with E-state index in [4.69, 9.17) is 0 Å². The molecule has 8 heteroatoms. The molecule has 0 saturated carbocycles. The molecule has 0 aliphatic carbocycles. The average Bonchev–Trinajstić information content (AvgIpc) is 3.04. The highest BCUT2D eigenvalue weighted by Gasteiger charge is 2.26. The molecule has 1 amide bonds. The Balaban J connectivity index is 2.16. The summed E-state index contributed by atoms with van der Waals surface area (Å²) in [5.41, 5.74) is 0. The van der Waals surface area contributed by atoms with E-state index in [-0.39, 0.29) is 23.8 Å². The highest BCUT2D eigenvalue weighted by molar-refractivity contribution is 7.89. The van der Waals surface area contributed by atoms with Gasteiger partial charge in [-0.3, -0.25) is 4.79 Å². The number of carbonyl (C=O) groups excluding carboxylic acids is 1. The van der Waals surface area contributed by atoms with Gasteiger partial charge >= 0.3 is 0 Å². The molecule has 0 atom stereocenters. The molecule has 0 fully saturated rings. The van der Waals surface area contributed by atoms with Crippen molar-refractivity contribution >= 4 is 21.7 Å². The summed E-state index contributed by atoms with van der Waals surface area (Å²) in [5.74, 6) is 0.102. The maximum atomic E-state index is 12.8. The summed E-state index contributed by atoms with van der Waals surface area (Å²) in [6.07, 6.45) is 1.98. The van der Waals surface area contributed by atoms with Gasteiger partial charge in [-0.15, -0.1) is 0 Å². The minimum absolute atomic E-state index is 0.169. The Hall–Kier alpha value is -2.19. The van der Waals surface area contributed by atoms with Crippen LogP contribution in [-0.2, 0) is 14.8 Å². The molecule has 7 nitrogen and oxygen atoms in total. The summed E-state index contributed by atoms with van der Waals surface area (Å²) >= 11 is 0. The average molecular weight is 351 g/mol. The van der Waals surface area contributed by atoms with E-state index in [1.165, 1.54) is 28.8 Å². The number of amides is 1. The summed E-state index contributed by atoms with van der Waals surface area (Å²) in [4.78, 5) is 12.3. The summed E-state index contributed by atoms with van der Waals surface area (Å²) in [5, 5.41) is 6.10. The molecule has 0 bridgehead atoms. The molecular weight excluding hydrogens is 330 g/mol. The van der Waals surface area contributed by atoms with Gasteiger partial charge in [0.15, 0.2) is 5.82 Å². The van der Waals surface area contributed by atoms with E-state index in [0.29, 0.717) is 12.3 Å². The molecule has 0 aliphatic heterocycles. The van der Waals surface area contributed by atoms with Crippen molar-refractivity contribution in [1.82, 2.24) is 9.46 Å². The van der Waals surface area contributed by atoms with Gasteiger partial charge in [-0.2, -0.15) is 4.31 Å². The lowest BCUT2D eigenvalue weighted by Crippen LogP contribution is -2.39. The summed E-state index contributed by atoms with van der Waals surface area (Å²) in [6.45, 7) is 3.99. The van der Waals surface area contributed by atoms with E-state index in [2.05, 4.69) is 15.0 Å². The first-order chi connectivity index (χ1) is 11.4. The van der Waals surface area contributed by atoms with Crippen molar-refractivity contribution in [3.8, 4) is 0 Å². The van der Waals surface area contributed by atoms with Crippen LogP contribution in [0, 0.1) is 5.92 Å². The van der Waals surface area contributed by atoms with Gasteiger partial charge in [0.25, 0.3) is 0 Å². The van der Waals surface area contributed by atoms with Gasteiger partial charge in [-0.1, -0.05) is 37.2 Å². The van der Waals surface area contributed by atoms with Crippen LogP contribution in [0.25, 0.3) is 0 Å². The Labute approximate surface area is 141 Å². The summed E-state index contributed by atoms with van der Waals surface area (Å²) < 4.78 is 31.4. The Morgan fingerprint density at radius 2 is 1.96 bits per heavy atom. The smallest absolute Gasteiger partial charge is 0.243 e. The Kier molecular flexibility index (Phi) is 6.10. The fourth-order valence-electron chi connectivity index (χ4n) is 2.05. The molecule has 0 spiro atoms. The van der Waals surface area contributed by atoms with Crippen molar-refractivity contribution in [2.24, 2.45) is 5.92 Å². The monoisotopic (exact) mass is 351 g/mol. The van der Waals surface area contributed by atoms with E-state index in [9.17, 15) is 13.2 Å². The fraction of sp³-hybridized carbons (Fsp3) is 0.375. The number of hydrogen-bond acceptors (Lipinski definition) is 5. The second-order valence-corrected chi connectivity index (χ2v) is 7.70. The van der Waals surface area contributed by atoms with Crippen molar-refractivity contribution in [1.29, 1.82) is 0 Å². The minimum Gasteiger partial charge on any atom is -0.363 e. The summed E-state index contributed by atoms with van der Waals surface area (Å²) in [7, 11) is -3.74. The number of benzene rings is 1. The Bertz CT molecular complexity index is 743. The third-order valence-electron chi connectivity index (χ3n) is 3.36. The first-order valence-corrected chi connectivity index (χ1v) is 9.09. The molecule has 130 valence electrons. The molecular formula is C16H21N3O4S. The van der Waals surface area contributed by atoms with Crippen LogP contribution >= 0.6 is 0 Å². The predicted molar refractivity (Wildman–Crippen MR) is 89.8 cm³/mol. The first-order valence-electron chi connectivity index (χ1n) is 7.65. The SMILES string of the molecule is CC(C)CCN(CC(=O)Nc1ccon1)S(=O)(=O)c1ccccc1. The second-order valence-electron chi connectivity index (χ2n) is 5.77. The van der Waals surface area contributed by atoms with Crippen molar-refractivity contribution < 1.29 is 17.7 Å². The molecule has 0 saturated heterocycles. The van der Waals surface area contributed by atoms with E-state index < -0.39 is 15.9 Å². The van der Waals surface area contributed by atoms with Gasteiger partial charge in [0, 0.05) is 12.6 Å². The van der Waals surface area contributed by atoms with Gasteiger partial charge in [0.2, 0.25) is 15.9 Å². The number of aromatic nitrogens is 1. The van der Waals surface area contributed by atoms with E-state index >= 15 is 0 Å². The van der Waals surface area contributed by atoms with E-state index in [1.54, 1.807) is 18.2 Å². The number of rotatable bonds is 8. The predicted octanol–water partition coefficient (Wildman–Crippen LogP) is 2.35. The maximum Gasteiger partial charge on any atom is 0.243 e. The highest BCUT2D eigenvalue weighted by Crippen LogP contribution is 2.17. The van der Waals surface area contributed by atoms with Gasteiger partial charge in [-0.05, 0) is 24.5 Å². The maximum absolute atomic E-state index is 12.8. The third-order valence-corrected chi connectivity index (χ3v) is 5.22. The number of hydrogen-bond donors (Lipinski definition) is 1. The molecule has 1 aromatic heterocycles. The molecule has 0 radical (unpaired) electrons. The van der Waals surface area contributed by atoms with Crippen LogP contribution in [-0.4, -0.2) is 36.9 Å². The molecule has 1 N–H and O–H groups in total. The molecule has 0 aliphatic rings. The van der Waals surface area contributed by atoms with Gasteiger partial charge in [-0.25, -0.2) is 8.42 Å². The highest BCUT2D eigenvalue weighted by atomic mass is 32.2. The van der Waals surface area contributed by atoms with Crippen LogP contribution in [0.2, 0.25) is 0 Å². The van der Waals surface area contributed by atoms with Crippen molar-refractivity contribution in [2.45, 2.75) is 25.2 Å². The number of sulfonamides is 1. The zero-order chi connectivity index (χ0) is 17.6. The van der Waals surface area contributed by atoms with E-state index in [0.717, 1.165) is 0 Å².